The molecule has 2 saturated heterocycles. The van der Waals surface area contributed by atoms with E-state index in [-0.39, 0.29) is 21.9 Å². The van der Waals surface area contributed by atoms with Gasteiger partial charge in [-0.25, -0.2) is 17.5 Å². The summed E-state index contributed by atoms with van der Waals surface area (Å²) in [4.78, 5) is 16.1. The Morgan fingerprint density at radius 3 is 2.46 bits per heavy atom. The zero-order valence-corrected chi connectivity index (χ0v) is 16.0. The number of carbonyl (C=O) groups is 1. The van der Waals surface area contributed by atoms with E-state index in [0.29, 0.717) is 32.5 Å². The highest BCUT2D eigenvalue weighted by Gasteiger charge is 2.27. The number of carbonyl (C=O) groups excluding carboxylic acids is 1. The summed E-state index contributed by atoms with van der Waals surface area (Å²) in [6, 6.07) is 3.15. The highest BCUT2D eigenvalue weighted by molar-refractivity contribution is 7.89. The van der Waals surface area contributed by atoms with Gasteiger partial charge < -0.3 is 4.90 Å². The second-order valence-corrected chi connectivity index (χ2v) is 8.96. The maximum atomic E-state index is 13.2. The van der Waals surface area contributed by atoms with Crippen molar-refractivity contribution in [3.05, 3.63) is 29.0 Å². The molecule has 0 aliphatic carbocycles. The molecule has 26 heavy (non-hydrogen) atoms. The summed E-state index contributed by atoms with van der Waals surface area (Å²) >= 11 is 5.67. The van der Waals surface area contributed by atoms with E-state index in [1.165, 1.54) is 6.07 Å². The molecule has 2 heterocycles. The summed E-state index contributed by atoms with van der Waals surface area (Å²) < 4.78 is 40.7. The van der Waals surface area contributed by atoms with Gasteiger partial charge in [0.1, 0.15) is 5.82 Å². The van der Waals surface area contributed by atoms with Crippen LogP contribution in [-0.2, 0) is 14.8 Å². The zero-order valence-electron chi connectivity index (χ0n) is 14.5. The molecular weight excluding hydrogens is 381 g/mol. The van der Waals surface area contributed by atoms with Crippen LogP contribution in [0.5, 0.6) is 0 Å². The minimum atomic E-state index is -3.75. The molecule has 6 nitrogen and oxygen atoms in total. The third-order valence-corrected chi connectivity index (χ3v) is 6.74. The van der Waals surface area contributed by atoms with Crippen LogP contribution in [0.15, 0.2) is 23.1 Å². The van der Waals surface area contributed by atoms with E-state index >= 15 is 0 Å². The van der Waals surface area contributed by atoms with Gasteiger partial charge in [-0.3, -0.25) is 9.69 Å². The average molecular weight is 404 g/mol. The number of amides is 1. The second kappa shape index (κ2) is 8.21. The van der Waals surface area contributed by atoms with Crippen molar-refractivity contribution in [3.63, 3.8) is 0 Å². The molecular formula is C17H23ClFN3O3S. The number of rotatable bonds is 5. The molecule has 144 valence electrons. The van der Waals surface area contributed by atoms with Crippen LogP contribution < -0.4 is 4.72 Å². The average Bonchev–Trinajstić information content (AvgIpc) is 3.13. The lowest BCUT2D eigenvalue weighted by Crippen LogP contribution is -2.47. The standard InChI is InChI=1S/C17H23ClFN3O3S/c18-15-11-14(3-4-16(15)19)26(24,25)20-13-5-9-21(10-6-13)12-17(23)22-7-1-2-8-22/h3-4,11,13,20H,1-2,5-10,12H2. The molecule has 0 radical (unpaired) electrons. The molecule has 1 N–H and O–H groups in total. The maximum Gasteiger partial charge on any atom is 0.240 e. The predicted molar refractivity (Wildman–Crippen MR) is 97.0 cm³/mol. The third-order valence-electron chi connectivity index (χ3n) is 4.93. The van der Waals surface area contributed by atoms with E-state index in [1.54, 1.807) is 0 Å². The molecule has 2 fully saturated rings. The van der Waals surface area contributed by atoms with Crippen molar-refractivity contribution in [2.75, 3.05) is 32.7 Å². The van der Waals surface area contributed by atoms with E-state index < -0.39 is 15.8 Å². The van der Waals surface area contributed by atoms with Crippen molar-refractivity contribution in [2.24, 2.45) is 0 Å². The first-order chi connectivity index (χ1) is 12.3. The lowest BCUT2D eigenvalue weighted by Gasteiger charge is -2.32. The van der Waals surface area contributed by atoms with Crippen molar-refractivity contribution in [2.45, 2.75) is 36.6 Å². The molecule has 9 heteroatoms. The minimum Gasteiger partial charge on any atom is -0.342 e. The quantitative estimate of drug-likeness (QED) is 0.814. The normalized spacial score (nSPS) is 19.8. The number of sulfonamides is 1. The van der Waals surface area contributed by atoms with Crippen LogP contribution in [0, 0.1) is 5.82 Å². The smallest absolute Gasteiger partial charge is 0.240 e. The van der Waals surface area contributed by atoms with Crippen LogP contribution in [-0.4, -0.2) is 62.9 Å². The molecule has 0 bridgehead atoms. The van der Waals surface area contributed by atoms with E-state index in [0.717, 1.165) is 38.1 Å². The van der Waals surface area contributed by atoms with Gasteiger partial charge in [0.2, 0.25) is 15.9 Å². The summed E-state index contributed by atoms with van der Waals surface area (Å²) in [6.45, 7) is 3.41. The van der Waals surface area contributed by atoms with Gasteiger partial charge in [0.25, 0.3) is 0 Å². The van der Waals surface area contributed by atoms with Gasteiger partial charge in [-0.15, -0.1) is 0 Å². The van der Waals surface area contributed by atoms with Gasteiger partial charge in [0.05, 0.1) is 16.5 Å². The van der Waals surface area contributed by atoms with E-state index in [4.69, 9.17) is 11.6 Å². The zero-order chi connectivity index (χ0) is 18.7. The Kier molecular flexibility index (Phi) is 6.17. The van der Waals surface area contributed by atoms with Gasteiger partial charge in [-0.1, -0.05) is 11.6 Å². The Morgan fingerprint density at radius 2 is 1.85 bits per heavy atom. The van der Waals surface area contributed by atoms with Gasteiger partial charge >= 0.3 is 0 Å². The second-order valence-electron chi connectivity index (χ2n) is 6.84. The van der Waals surface area contributed by atoms with Crippen LogP contribution in [0.25, 0.3) is 0 Å². The Hall–Kier alpha value is -1.22. The number of hydrogen-bond donors (Lipinski definition) is 1. The highest BCUT2D eigenvalue weighted by atomic mass is 35.5. The fourth-order valence-corrected chi connectivity index (χ4v) is 4.97. The van der Waals surface area contributed by atoms with Crippen molar-refractivity contribution < 1.29 is 17.6 Å². The minimum absolute atomic E-state index is 0.0458. The molecule has 2 aliphatic rings. The largest absolute Gasteiger partial charge is 0.342 e. The van der Waals surface area contributed by atoms with Gasteiger partial charge in [0, 0.05) is 32.2 Å². The Labute approximate surface area is 158 Å². The molecule has 1 amide bonds. The Bertz CT molecular complexity index is 761. The van der Waals surface area contributed by atoms with Crippen LogP contribution >= 0.6 is 11.6 Å². The first-order valence-corrected chi connectivity index (χ1v) is 10.7. The summed E-state index contributed by atoms with van der Waals surface area (Å²) in [5, 5.41) is -0.219. The Balaban J connectivity index is 1.51. The van der Waals surface area contributed by atoms with E-state index in [9.17, 15) is 17.6 Å². The molecule has 0 saturated carbocycles. The molecule has 0 spiro atoms. The SMILES string of the molecule is O=C(CN1CCC(NS(=O)(=O)c2ccc(F)c(Cl)c2)CC1)N1CCCC1. The summed E-state index contributed by atoms with van der Waals surface area (Å²) in [5.41, 5.74) is 0. The van der Waals surface area contributed by atoms with Crippen molar-refractivity contribution in [3.8, 4) is 0 Å². The van der Waals surface area contributed by atoms with Crippen LogP contribution in [0.1, 0.15) is 25.7 Å². The molecule has 1 aromatic rings. The number of likely N-dealkylation sites (tertiary alicyclic amines) is 2. The topological polar surface area (TPSA) is 69.7 Å². The number of hydrogen-bond acceptors (Lipinski definition) is 4. The van der Waals surface area contributed by atoms with E-state index in [1.807, 2.05) is 4.90 Å². The summed E-state index contributed by atoms with van der Waals surface area (Å²) in [6.07, 6.45) is 3.40. The molecule has 3 rings (SSSR count). The highest BCUT2D eigenvalue weighted by Crippen LogP contribution is 2.21. The molecule has 0 aromatic heterocycles. The Morgan fingerprint density at radius 1 is 1.19 bits per heavy atom. The van der Waals surface area contributed by atoms with Crippen LogP contribution in [0.4, 0.5) is 4.39 Å². The van der Waals surface area contributed by atoms with Gasteiger partial charge in [-0.2, -0.15) is 0 Å². The third kappa shape index (κ3) is 4.73. The number of benzene rings is 1. The fourth-order valence-electron chi connectivity index (χ4n) is 3.40. The fraction of sp³-hybridized carbons (Fsp3) is 0.588. The number of nitrogens with one attached hydrogen (secondary N) is 1. The lowest BCUT2D eigenvalue weighted by molar-refractivity contribution is -0.131. The molecule has 1 aromatic carbocycles. The molecule has 0 atom stereocenters. The number of piperidine rings is 1. The van der Waals surface area contributed by atoms with Crippen molar-refractivity contribution in [1.82, 2.24) is 14.5 Å². The number of nitrogens with zero attached hydrogens (tertiary/aromatic N) is 2. The number of halogens is 2. The van der Waals surface area contributed by atoms with Crippen molar-refractivity contribution >= 4 is 27.5 Å². The lowest BCUT2D eigenvalue weighted by atomic mass is 10.1. The van der Waals surface area contributed by atoms with Crippen LogP contribution in [0.2, 0.25) is 5.02 Å². The summed E-state index contributed by atoms with van der Waals surface area (Å²) in [5.74, 6) is -0.496. The molecule has 2 aliphatic heterocycles. The van der Waals surface area contributed by atoms with Crippen LogP contribution in [0.3, 0.4) is 0 Å². The predicted octanol–water partition coefficient (Wildman–Crippen LogP) is 1.84. The first-order valence-electron chi connectivity index (χ1n) is 8.83. The van der Waals surface area contributed by atoms with Crippen molar-refractivity contribution in [1.29, 1.82) is 0 Å². The van der Waals surface area contributed by atoms with Gasteiger partial charge in [-0.05, 0) is 43.9 Å². The maximum absolute atomic E-state index is 13.2. The first kappa shape index (κ1) is 19.5. The van der Waals surface area contributed by atoms with E-state index in [2.05, 4.69) is 9.62 Å². The monoisotopic (exact) mass is 403 g/mol. The summed E-state index contributed by atoms with van der Waals surface area (Å²) in [7, 11) is -3.75. The van der Waals surface area contributed by atoms with Gasteiger partial charge in [0.15, 0.2) is 0 Å². The molecule has 0 unspecified atom stereocenters.